The summed E-state index contributed by atoms with van der Waals surface area (Å²) in [6, 6.07) is 11.0. The van der Waals surface area contributed by atoms with Crippen LogP contribution < -0.4 is 5.43 Å². The second kappa shape index (κ2) is 6.19. The number of hydrogen-bond donors (Lipinski definition) is 1. The van der Waals surface area contributed by atoms with Crippen molar-refractivity contribution < 1.29 is 9.72 Å². The molecule has 20 heavy (non-hydrogen) atoms. The van der Waals surface area contributed by atoms with Gasteiger partial charge in [-0.15, -0.1) is 0 Å². The highest BCUT2D eigenvalue weighted by Crippen LogP contribution is 2.14. The summed E-state index contributed by atoms with van der Waals surface area (Å²) in [6.45, 7) is 0. The average molecular weight is 270 g/mol. The first kappa shape index (κ1) is 13.3. The van der Waals surface area contributed by atoms with E-state index in [4.69, 9.17) is 0 Å². The molecule has 1 aromatic heterocycles. The van der Waals surface area contributed by atoms with Gasteiger partial charge < -0.3 is 0 Å². The number of nitrogens with one attached hydrogen (secondary N) is 1. The van der Waals surface area contributed by atoms with Crippen LogP contribution in [0.5, 0.6) is 0 Å². The van der Waals surface area contributed by atoms with Crippen molar-refractivity contribution in [2.45, 2.75) is 0 Å². The van der Waals surface area contributed by atoms with Gasteiger partial charge in [0.1, 0.15) is 5.69 Å². The quantitative estimate of drug-likeness (QED) is 0.520. The minimum atomic E-state index is -0.512. The number of benzene rings is 1. The highest BCUT2D eigenvalue weighted by Gasteiger charge is 2.10. The van der Waals surface area contributed by atoms with E-state index in [0.29, 0.717) is 5.56 Å². The Balaban J connectivity index is 2.08. The van der Waals surface area contributed by atoms with Gasteiger partial charge in [0.05, 0.1) is 16.7 Å². The zero-order valence-corrected chi connectivity index (χ0v) is 10.3. The first-order valence-electron chi connectivity index (χ1n) is 5.66. The Morgan fingerprint density at radius 1 is 1.25 bits per heavy atom. The molecule has 1 aromatic carbocycles. The first-order valence-corrected chi connectivity index (χ1v) is 5.66. The molecule has 1 heterocycles. The summed E-state index contributed by atoms with van der Waals surface area (Å²) in [6.07, 6.45) is 2.71. The van der Waals surface area contributed by atoms with Crippen LogP contribution in [0.3, 0.4) is 0 Å². The number of nitrogens with zero attached hydrogens (tertiary/aromatic N) is 3. The molecule has 2 aromatic rings. The predicted octanol–water partition coefficient (Wildman–Crippen LogP) is 1.75. The van der Waals surface area contributed by atoms with Crippen LogP contribution in [0, 0.1) is 10.1 Å². The van der Waals surface area contributed by atoms with Gasteiger partial charge >= 0.3 is 0 Å². The Morgan fingerprint density at radius 2 is 2.00 bits per heavy atom. The van der Waals surface area contributed by atoms with Crippen LogP contribution in [0.25, 0.3) is 0 Å². The van der Waals surface area contributed by atoms with Gasteiger partial charge in [-0.05, 0) is 18.2 Å². The smallest absolute Gasteiger partial charge is 0.266 e. The topological polar surface area (TPSA) is 97.5 Å². The van der Waals surface area contributed by atoms with Crippen molar-refractivity contribution in [2.24, 2.45) is 5.10 Å². The molecule has 0 fully saturated rings. The molecular formula is C13H10N4O3. The van der Waals surface area contributed by atoms with Crippen LogP contribution in [-0.4, -0.2) is 22.0 Å². The number of carbonyl (C=O) groups is 1. The van der Waals surface area contributed by atoms with Crippen molar-refractivity contribution in [3.05, 3.63) is 70.0 Å². The third-order valence-electron chi connectivity index (χ3n) is 2.40. The van der Waals surface area contributed by atoms with E-state index in [1.807, 2.05) is 0 Å². The summed E-state index contributed by atoms with van der Waals surface area (Å²) < 4.78 is 0. The standard InChI is InChI=1S/C13H10N4O3/c18-13(11-6-3-4-8-14-11)16-15-9-10-5-1-2-7-12(10)17(19)20/h1-9H,(H,16,18)/b15-9+. The van der Waals surface area contributed by atoms with E-state index >= 15 is 0 Å². The molecule has 0 saturated heterocycles. The van der Waals surface area contributed by atoms with E-state index in [-0.39, 0.29) is 11.4 Å². The van der Waals surface area contributed by atoms with Gasteiger partial charge in [-0.3, -0.25) is 19.9 Å². The molecule has 1 amide bonds. The van der Waals surface area contributed by atoms with E-state index in [0.717, 1.165) is 0 Å². The molecule has 1 N–H and O–H groups in total. The molecule has 7 nitrogen and oxygen atoms in total. The molecule has 0 unspecified atom stereocenters. The normalized spacial score (nSPS) is 10.4. The third kappa shape index (κ3) is 3.22. The van der Waals surface area contributed by atoms with Crippen molar-refractivity contribution >= 4 is 17.8 Å². The fourth-order valence-corrected chi connectivity index (χ4v) is 1.48. The molecule has 0 radical (unpaired) electrons. The van der Waals surface area contributed by atoms with Gasteiger partial charge in [0.2, 0.25) is 0 Å². The third-order valence-corrected chi connectivity index (χ3v) is 2.40. The Bertz CT molecular complexity index is 656. The Morgan fingerprint density at radius 3 is 2.70 bits per heavy atom. The van der Waals surface area contributed by atoms with Crippen LogP contribution in [0.2, 0.25) is 0 Å². The molecule has 0 atom stereocenters. The van der Waals surface area contributed by atoms with Crippen molar-refractivity contribution in [3.63, 3.8) is 0 Å². The van der Waals surface area contributed by atoms with Gasteiger partial charge in [0.15, 0.2) is 0 Å². The fraction of sp³-hybridized carbons (Fsp3) is 0. The number of amides is 1. The zero-order valence-electron chi connectivity index (χ0n) is 10.3. The van der Waals surface area contributed by atoms with Crippen LogP contribution in [0.15, 0.2) is 53.8 Å². The number of nitro groups is 1. The van der Waals surface area contributed by atoms with Gasteiger partial charge in [0, 0.05) is 12.3 Å². The lowest BCUT2D eigenvalue weighted by atomic mass is 10.2. The van der Waals surface area contributed by atoms with E-state index in [1.54, 1.807) is 24.3 Å². The summed E-state index contributed by atoms with van der Waals surface area (Å²) in [7, 11) is 0. The molecule has 100 valence electrons. The Hall–Kier alpha value is -3.09. The summed E-state index contributed by atoms with van der Waals surface area (Å²) in [4.78, 5) is 25.8. The van der Waals surface area contributed by atoms with Crippen molar-refractivity contribution in [1.29, 1.82) is 0 Å². The number of hydrogen-bond acceptors (Lipinski definition) is 5. The maximum absolute atomic E-state index is 11.6. The van der Waals surface area contributed by atoms with Crippen LogP contribution in [0.1, 0.15) is 16.1 Å². The van der Waals surface area contributed by atoms with Crippen molar-refractivity contribution in [3.8, 4) is 0 Å². The monoisotopic (exact) mass is 270 g/mol. The van der Waals surface area contributed by atoms with Gasteiger partial charge in [-0.1, -0.05) is 18.2 Å². The van der Waals surface area contributed by atoms with Gasteiger partial charge in [0.25, 0.3) is 11.6 Å². The molecule has 0 aliphatic rings. The minimum absolute atomic E-state index is 0.0802. The van der Waals surface area contributed by atoms with Crippen LogP contribution in [0.4, 0.5) is 5.69 Å². The van der Waals surface area contributed by atoms with Gasteiger partial charge in [-0.25, -0.2) is 5.43 Å². The molecular weight excluding hydrogens is 260 g/mol. The highest BCUT2D eigenvalue weighted by atomic mass is 16.6. The summed E-state index contributed by atoms with van der Waals surface area (Å²) in [5.74, 6) is -0.486. The predicted molar refractivity (Wildman–Crippen MR) is 72.4 cm³/mol. The largest absolute Gasteiger partial charge is 0.289 e. The Kier molecular flexibility index (Phi) is 4.13. The van der Waals surface area contributed by atoms with Crippen molar-refractivity contribution in [2.75, 3.05) is 0 Å². The van der Waals surface area contributed by atoms with Crippen LogP contribution in [-0.2, 0) is 0 Å². The lowest BCUT2D eigenvalue weighted by Gasteiger charge is -1.98. The Labute approximate surface area is 114 Å². The molecule has 7 heteroatoms. The fourth-order valence-electron chi connectivity index (χ4n) is 1.48. The van der Waals surface area contributed by atoms with E-state index in [1.165, 1.54) is 30.6 Å². The molecule has 0 saturated carbocycles. The number of aromatic nitrogens is 1. The molecule has 0 aliphatic heterocycles. The highest BCUT2D eigenvalue weighted by molar-refractivity contribution is 5.93. The van der Waals surface area contributed by atoms with E-state index in [9.17, 15) is 14.9 Å². The molecule has 0 aliphatic carbocycles. The maximum atomic E-state index is 11.6. The number of pyridine rings is 1. The SMILES string of the molecule is O=C(N/N=C/c1ccccc1[N+](=O)[O-])c1ccccn1. The van der Waals surface area contributed by atoms with Gasteiger partial charge in [-0.2, -0.15) is 5.10 Å². The first-order chi connectivity index (χ1) is 9.68. The number of rotatable bonds is 4. The summed E-state index contributed by atoms with van der Waals surface area (Å²) >= 11 is 0. The number of para-hydroxylation sites is 1. The zero-order chi connectivity index (χ0) is 14.4. The molecule has 0 spiro atoms. The summed E-state index contributed by atoms with van der Waals surface area (Å²) in [5.41, 5.74) is 2.70. The number of carbonyl (C=O) groups excluding carboxylic acids is 1. The number of hydrazone groups is 1. The minimum Gasteiger partial charge on any atom is -0.266 e. The van der Waals surface area contributed by atoms with Crippen molar-refractivity contribution in [1.82, 2.24) is 10.4 Å². The van der Waals surface area contributed by atoms with Crippen LogP contribution >= 0.6 is 0 Å². The molecule has 0 bridgehead atoms. The average Bonchev–Trinajstić information content (AvgIpc) is 2.48. The lowest BCUT2D eigenvalue weighted by Crippen LogP contribution is -2.18. The molecule has 2 rings (SSSR count). The summed E-state index contributed by atoms with van der Waals surface area (Å²) in [5, 5.41) is 14.5. The maximum Gasteiger partial charge on any atom is 0.289 e. The lowest BCUT2D eigenvalue weighted by molar-refractivity contribution is -0.385. The second-order valence-corrected chi connectivity index (χ2v) is 3.73. The number of nitro benzene ring substituents is 1. The van der Waals surface area contributed by atoms with E-state index < -0.39 is 10.8 Å². The second-order valence-electron chi connectivity index (χ2n) is 3.73. The van der Waals surface area contributed by atoms with E-state index in [2.05, 4.69) is 15.5 Å².